The number of aryl methyl sites for hydroxylation is 3. The van der Waals surface area contributed by atoms with E-state index >= 15 is 0 Å². The number of amides is 1. The SMILES string of the molecule is Cc1cc(F)cc(C(=O)NCCCc2cn[nH]c2C)c1. The van der Waals surface area contributed by atoms with E-state index in [0.717, 1.165) is 29.7 Å². The van der Waals surface area contributed by atoms with Crippen LogP contribution in [0.25, 0.3) is 0 Å². The van der Waals surface area contributed by atoms with E-state index in [1.54, 1.807) is 19.2 Å². The zero-order valence-electron chi connectivity index (χ0n) is 11.7. The molecule has 1 aromatic heterocycles. The van der Waals surface area contributed by atoms with Gasteiger partial charge in [0.1, 0.15) is 5.82 Å². The van der Waals surface area contributed by atoms with Crippen molar-refractivity contribution in [2.24, 2.45) is 0 Å². The Morgan fingerprint density at radius 1 is 1.35 bits per heavy atom. The first-order valence-corrected chi connectivity index (χ1v) is 6.60. The Kier molecular flexibility index (Phi) is 4.50. The summed E-state index contributed by atoms with van der Waals surface area (Å²) in [7, 11) is 0. The van der Waals surface area contributed by atoms with Crippen molar-refractivity contribution in [2.45, 2.75) is 26.7 Å². The van der Waals surface area contributed by atoms with E-state index < -0.39 is 0 Å². The number of carbonyl (C=O) groups is 1. The zero-order chi connectivity index (χ0) is 14.5. The molecule has 0 spiro atoms. The molecular weight excluding hydrogens is 257 g/mol. The molecule has 0 atom stereocenters. The van der Waals surface area contributed by atoms with Gasteiger partial charge in [-0.25, -0.2) is 4.39 Å². The van der Waals surface area contributed by atoms with Crippen molar-refractivity contribution >= 4 is 5.91 Å². The number of nitrogens with zero attached hydrogens (tertiary/aromatic N) is 1. The Labute approximate surface area is 117 Å². The van der Waals surface area contributed by atoms with Crippen molar-refractivity contribution in [3.63, 3.8) is 0 Å². The van der Waals surface area contributed by atoms with Crippen LogP contribution in [0.2, 0.25) is 0 Å². The van der Waals surface area contributed by atoms with E-state index in [-0.39, 0.29) is 11.7 Å². The molecule has 2 N–H and O–H groups in total. The minimum absolute atomic E-state index is 0.239. The summed E-state index contributed by atoms with van der Waals surface area (Å²) in [6.45, 7) is 4.29. The van der Waals surface area contributed by atoms with Crippen molar-refractivity contribution in [3.05, 3.63) is 52.6 Å². The summed E-state index contributed by atoms with van der Waals surface area (Å²) < 4.78 is 13.2. The molecule has 2 rings (SSSR count). The number of aromatic nitrogens is 2. The second kappa shape index (κ2) is 6.32. The molecule has 106 valence electrons. The summed E-state index contributed by atoms with van der Waals surface area (Å²) in [6, 6.07) is 4.33. The van der Waals surface area contributed by atoms with E-state index in [1.807, 2.05) is 6.92 Å². The first-order chi connectivity index (χ1) is 9.56. The van der Waals surface area contributed by atoms with E-state index in [9.17, 15) is 9.18 Å². The molecule has 1 heterocycles. The lowest BCUT2D eigenvalue weighted by Gasteiger charge is -2.06. The average Bonchev–Trinajstić information content (AvgIpc) is 2.79. The maximum atomic E-state index is 13.2. The molecule has 1 amide bonds. The number of rotatable bonds is 5. The number of nitrogens with one attached hydrogen (secondary N) is 2. The van der Waals surface area contributed by atoms with Crippen LogP contribution in [0, 0.1) is 19.7 Å². The lowest BCUT2D eigenvalue weighted by atomic mass is 10.1. The van der Waals surface area contributed by atoms with Gasteiger partial charge in [-0.2, -0.15) is 5.10 Å². The Hall–Kier alpha value is -2.17. The van der Waals surface area contributed by atoms with Crippen LogP contribution in [-0.4, -0.2) is 22.6 Å². The molecule has 0 aliphatic carbocycles. The van der Waals surface area contributed by atoms with Gasteiger partial charge in [0, 0.05) is 17.8 Å². The smallest absolute Gasteiger partial charge is 0.251 e. The van der Waals surface area contributed by atoms with E-state index in [2.05, 4.69) is 15.5 Å². The first kappa shape index (κ1) is 14.2. The summed E-state index contributed by atoms with van der Waals surface area (Å²) in [5, 5.41) is 9.63. The van der Waals surface area contributed by atoms with Crippen LogP contribution in [0.3, 0.4) is 0 Å². The molecule has 0 bridgehead atoms. The van der Waals surface area contributed by atoms with Gasteiger partial charge in [0.2, 0.25) is 0 Å². The minimum Gasteiger partial charge on any atom is -0.352 e. The van der Waals surface area contributed by atoms with Gasteiger partial charge < -0.3 is 5.32 Å². The normalized spacial score (nSPS) is 10.6. The quantitative estimate of drug-likeness (QED) is 0.824. The van der Waals surface area contributed by atoms with Gasteiger partial charge in [0.15, 0.2) is 0 Å². The Morgan fingerprint density at radius 2 is 2.15 bits per heavy atom. The summed E-state index contributed by atoms with van der Waals surface area (Å²) in [5.41, 5.74) is 3.31. The van der Waals surface area contributed by atoms with Gasteiger partial charge in [-0.1, -0.05) is 0 Å². The summed E-state index contributed by atoms with van der Waals surface area (Å²) in [6.07, 6.45) is 3.47. The highest BCUT2D eigenvalue weighted by Gasteiger charge is 2.07. The molecule has 0 aliphatic heterocycles. The van der Waals surface area contributed by atoms with Crippen LogP contribution in [-0.2, 0) is 6.42 Å². The molecule has 0 saturated carbocycles. The summed E-state index contributed by atoms with van der Waals surface area (Å²) >= 11 is 0. The van der Waals surface area contributed by atoms with Crippen molar-refractivity contribution in [3.8, 4) is 0 Å². The van der Waals surface area contributed by atoms with Gasteiger partial charge in [0.25, 0.3) is 5.91 Å². The number of hydrogen-bond donors (Lipinski definition) is 2. The molecule has 0 unspecified atom stereocenters. The predicted octanol–water partition coefficient (Wildman–Crippen LogP) is 2.53. The van der Waals surface area contributed by atoms with Gasteiger partial charge in [-0.3, -0.25) is 9.89 Å². The lowest BCUT2D eigenvalue weighted by Crippen LogP contribution is -2.25. The fourth-order valence-electron chi connectivity index (χ4n) is 2.08. The average molecular weight is 275 g/mol. The Bertz CT molecular complexity index is 587. The van der Waals surface area contributed by atoms with E-state index in [1.165, 1.54) is 12.1 Å². The van der Waals surface area contributed by atoms with Gasteiger partial charge >= 0.3 is 0 Å². The topological polar surface area (TPSA) is 57.8 Å². The molecule has 4 nitrogen and oxygen atoms in total. The van der Waals surface area contributed by atoms with Gasteiger partial charge in [-0.15, -0.1) is 0 Å². The molecule has 0 saturated heterocycles. The van der Waals surface area contributed by atoms with E-state index in [0.29, 0.717) is 12.1 Å². The molecule has 0 fully saturated rings. The highest BCUT2D eigenvalue weighted by atomic mass is 19.1. The number of benzene rings is 1. The van der Waals surface area contributed by atoms with Crippen LogP contribution in [0.5, 0.6) is 0 Å². The van der Waals surface area contributed by atoms with Crippen LogP contribution in [0.15, 0.2) is 24.4 Å². The zero-order valence-corrected chi connectivity index (χ0v) is 11.7. The van der Waals surface area contributed by atoms with E-state index in [4.69, 9.17) is 0 Å². The monoisotopic (exact) mass is 275 g/mol. The molecule has 20 heavy (non-hydrogen) atoms. The minimum atomic E-state index is -0.385. The van der Waals surface area contributed by atoms with Crippen LogP contribution in [0.4, 0.5) is 4.39 Å². The second-order valence-electron chi connectivity index (χ2n) is 4.90. The Balaban J connectivity index is 1.82. The number of H-pyrrole nitrogens is 1. The maximum absolute atomic E-state index is 13.2. The standard InChI is InChI=1S/C15H18FN3O/c1-10-6-13(8-14(16)7-10)15(20)17-5-3-4-12-9-18-19-11(12)2/h6-9H,3-5H2,1-2H3,(H,17,20)(H,18,19). The number of aromatic amines is 1. The lowest BCUT2D eigenvalue weighted by molar-refractivity contribution is 0.0952. The number of halogens is 1. The fourth-order valence-corrected chi connectivity index (χ4v) is 2.08. The van der Waals surface area contributed by atoms with Crippen LogP contribution in [0.1, 0.15) is 33.6 Å². The maximum Gasteiger partial charge on any atom is 0.251 e. The van der Waals surface area contributed by atoms with Crippen molar-refractivity contribution in [2.75, 3.05) is 6.54 Å². The fraction of sp³-hybridized carbons (Fsp3) is 0.333. The van der Waals surface area contributed by atoms with Crippen molar-refractivity contribution in [1.82, 2.24) is 15.5 Å². The Morgan fingerprint density at radius 3 is 2.80 bits per heavy atom. The largest absolute Gasteiger partial charge is 0.352 e. The molecule has 0 aliphatic rings. The molecule has 0 radical (unpaired) electrons. The third-order valence-corrected chi connectivity index (χ3v) is 3.15. The summed E-state index contributed by atoms with van der Waals surface area (Å²) in [5.74, 6) is -0.624. The van der Waals surface area contributed by atoms with Crippen LogP contribution < -0.4 is 5.32 Å². The third kappa shape index (κ3) is 3.66. The third-order valence-electron chi connectivity index (χ3n) is 3.15. The van der Waals surface area contributed by atoms with Gasteiger partial charge in [-0.05, 0) is 56.0 Å². The molecular formula is C15H18FN3O. The summed E-state index contributed by atoms with van der Waals surface area (Å²) in [4.78, 5) is 11.9. The second-order valence-corrected chi connectivity index (χ2v) is 4.90. The van der Waals surface area contributed by atoms with Crippen molar-refractivity contribution < 1.29 is 9.18 Å². The number of hydrogen-bond acceptors (Lipinski definition) is 2. The molecule has 5 heteroatoms. The van der Waals surface area contributed by atoms with Crippen LogP contribution >= 0.6 is 0 Å². The highest BCUT2D eigenvalue weighted by Crippen LogP contribution is 2.09. The molecule has 1 aromatic carbocycles. The van der Waals surface area contributed by atoms with Gasteiger partial charge in [0.05, 0.1) is 6.20 Å². The molecule has 2 aromatic rings. The van der Waals surface area contributed by atoms with Crippen molar-refractivity contribution in [1.29, 1.82) is 0 Å². The highest BCUT2D eigenvalue weighted by molar-refractivity contribution is 5.94. The predicted molar refractivity (Wildman–Crippen MR) is 75.1 cm³/mol. The first-order valence-electron chi connectivity index (χ1n) is 6.60. The number of carbonyl (C=O) groups excluding carboxylic acids is 1.